The number of benzene rings is 1. The van der Waals surface area contributed by atoms with Crippen molar-refractivity contribution in [3.8, 4) is 0 Å². The molecule has 1 N–H and O–H groups in total. The van der Waals surface area contributed by atoms with Crippen molar-refractivity contribution in [2.45, 2.75) is 26.3 Å². The number of anilines is 1. The normalized spacial score (nSPS) is 13.6. The van der Waals surface area contributed by atoms with Crippen molar-refractivity contribution < 1.29 is 9.53 Å². The Morgan fingerprint density at radius 2 is 1.95 bits per heavy atom. The fourth-order valence-corrected chi connectivity index (χ4v) is 2.02. The smallest absolute Gasteiger partial charge is 0.309 e. The van der Waals surface area contributed by atoms with Crippen LogP contribution in [0, 0.1) is 5.92 Å². The zero-order valence-electron chi connectivity index (χ0n) is 12.9. The Balaban J connectivity index is 2.23. The number of para-hydroxylation sites is 1. The first-order chi connectivity index (χ1) is 9.56. The number of carbonyl (C=O) groups is 1. The number of carbonyl (C=O) groups excluding carboxylic acids is 1. The molecule has 0 fully saturated rings. The highest BCUT2D eigenvalue weighted by Crippen LogP contribution is 2.11. The van der Waals surface area contributed by atoms with Gasteiger partial charge in [0.15, 0.2) is 0 Å². The van der Waals surface area contributed by atoms with Gasteiger partial charge in [0.2, 0.25) is 0 Å². The maximum absolute atomic E-state index is 11.4. The quantitative estimate of drug-likeness (QED) is 0.585. The zero-order chi connectivity index (χ0) is 15.0. The van der Waals surface area contributed by atoms with Gasteiger partial charge < -0.3 is 15.0 Å². The topological polar surface area (TPSA) is 41.6 Å². The largest absolute Gasteiger partial charge is 0.469 e. The number of nitrogens with one attached hydrogen (secondary N) is 1. The summed E-state index contributed by atoms with van der Waals surface area (Å²) in [7, 11) is 3.52. The fraction of sp³-hybridized carbons (Fsp3) is 0.562. The molecule has 0 amide bonds. The lowest BCUT2D eigenvalue weighted by Crippen LogP contribution is -2.38. The molecule has 0 radical (unpaired) electrons. The van der Waals surface area contributed by atoms with Crippen LogP contribution in [-0.2, 0) is 9.53 Å². The molecule has 4 heteroatoms. The Morgan fingerprint density at radius 1 is 1.30 bits per heavy atom. The number of hydrogen-bond acceptors (Lipinski definition) is 4. The number of hydrogen-bond donors (Lipinski definition) is 1. The number of nitrogens with zero attached hydrogens (tertiary/aromatic N) is 1. The molecule has 0 aliphatic carbocycles. The summed E-state index contributed by atoms with van der Waals surface area (Å²) < 4.78 is 4.75. The minimum atomic E-state index is -0.161. The Morgan fingerprint density at radius 3 is 2.55 bits per heavy atom. The zero-order valence-corrected chi connectivity index (χ0v) is 12.9. The minimum Gasteiger partial charge on any atom is -0.469 e. The van der Waals surface area contributed by atoms with Crippen LogP contribution in [0.1, 0.15) is 20.3 Å². The van der Waals surface area contributed by atoms with E-state index in [1.807, 2.05) is 32.0 Å². The molecule has 0 aromatic heterocycles. The highest BCUT2D eigenvalue weighted by atomic mass is 16.5. The molecule has 2 unspecified atom stereocenters. The molecule has 1 rings (SSSR count). The molecule has 112 valence electrons. The van der Waals surface area contributed by atoms with E-state index in [-0.39, 0.29) is 17.9 Å². The van der Waals surface area contributed by atoms with E-state index in [1.54, 1.807) is 0 Å². The van der Waals surface area contributed by atoms with E-state index in [9.17, 15) is 4.79 Å². The first kappa shape index (κ1) is 16.5. The third-order valence-corrected chi connectivity index (χ3v) is 3.66. The molecule has 0 bridgehead atoms. The number of methoxy groups -OCH3 is 1. The van der Waals surface area contributed by atoms with E-state index in [0.29, 0.717) is 0 Å². The van der Waals surface area contributed by atoms with Crippen molar-refractivity contribution in [3.63, 3.8) is 0 Å². The lowest BCUT2D eigenvalue weighted by atomic mass is 10.0. The van der Waals surface area contributed by atoms with Crippen molar-refractivity contribution >= 4 is 11.7 Å². The lowest BCUT2D eigenvalue weighted by Gasteiger charge is -2.22. The standard InChI is InChI=1S/C16H26N2O2/c1-13(16(19)20-4)14(2)17-11-8-12-18(3)15-9-6-5-7-10-15/h5-7,9-10,13-14,17H,8,11-12H2,1-4H3. The molecule has 4 nitrogen and oxygen atoms in total. The highest BCUT2D eigenvalue weighted by molar-refractivity contribution is 5.72. The second-order valence-electron chi connectivity index (χ2n) is 5.17. The number of esters is 1. The molecule has 1 aromatic rings. The van der Waals surface area contributed by atoms with Crippen LogP contribution < -0.4 is 10.2 Å². The predicted molar refractivity (Wildman–Crippen MR) is 83.0 cm³/mol. The van der Waals surface area contributed by atoms with E-state index < -0.39 is 0 Å². The fourth-order valence-electron chi connectivity index (χ4n) is 2.02. The SMILES string of the molecule is COC(=O)C(C)C(C)NCCCN(C)c1ccccc1. The van der Waals surface area contributed by atoms with E-state index in [2.05, 4.69) is 29.4 Å². The predicted octanol–water partition coefficient (Wildman–Crippen LogP) is 2.30. The summed E-state index contributed by atoms with van der Waals surface area (Å²) in [5.74, 6) is -0.279. The van der Waals surface area contributed by atoms with Gasteiger partial charge >= 0.3 is 5.97 Å². The molecule has 0 saturated carbocycles. The summed E-state index contributed by atoms with van der Waals surface area (Å²) in [6.45, 7) is 5.78. The van der Waals surface area contributed by atoms with Gasteiger partial charge in [-0.1, -0.05) is 25.1 Å². The highest BCUT2D eigenvalue weighted by Gasteiger charge is 2.19. The average Bonchev–Trinajstić information content (AvgIpc) is 2.50. The first-order valence-corrected chi connectivity index (χ1v) is 7.13. The van der Waals surface area contributed by atoms with Crippen LogP contribution in [0.2, 0.25) is 0 Å². The molecule has 20 heavy (non-hydrogen) atoms. The summed E-state index contributed by atoms with van der Waals surface area (Å²) in [6.07, 6.45) is 1.03. The van der Waals surface area contributed by atoms with Crippen molar-refractivity contribution in [1.82, 2.24) is 5.32 Å². The van der Waals surface area contributed by atoms with Gasteiger partial charge in [-0.25, -0.2) is 0 Å². The van der Waals surface area contributed by atoms with E-state index >= 15 is 0 Å². The summed E-state index contributed by atoms with van der Waals surface area (Å²) in [6, 6.07) is 10.5. The van der Waals surface area contributed by atoms with E-state index in [0.717, 1.165) is 19.5 Å². The second kappa shape index (κ2) is 8.59. The van der Waals surface area contributed by atoms with Crippen LogP contribution >= 0.6 is 0 Å². The lowest BCUT2D eigenvalue weighted by molar-refractivity contribution is -0.145. The maximum Gasteiger partial charge on any atom is 0.309 e. The van der Waals surface area contributed by atoms with Crippen molar-refractivity contribution in [2.24, 2.45) is 5.92 Å². The van der Waals surface area contributed by atoms with Gasteiger partial charge in [-0.2, -0.15) is 0 Å². The van der Waals surface area contributed by atoms with Gasteiger partial charge in [-0.05, 0) is 32.0 Å². The van der Waals surface area contributed by atoms with Gasteiger partial charge in [-0.15, -0.1) is 0 Å². The minimum absolute atomic E-state index is 0.119. The molecular formula is C16H26N2O2. The number of ether oxygens (including phenoxy) is 1. The third-order valence-electron chi connectivity index (χ3n) is 3.66. The molecule has 2 atom stereocenters. The van der Waals surface area contributed by atoms with Crippen LogP contribution in [0.5, 0.6) is 0 Å². The monoisotopic (exact) mass is 278 g/mol. The first-order valence-electron chi connectivity index (χ1n) is 7.13. The van der Waals surface area contributed by atoms with Crippen LogP contribution in [0.15, 0.2) is 30.3 Å². The van der Waals surface area contributed by atoms with Crippen LogP contribution in [-0.4, -0.2) is 39.3 Å². The molecule has 0 spiro atoms. The Labute approximate surface area is 122 Å². The van der Waals surface area contributed by atoms with E-state index in [1.165, 1.54) is 12.8 Å². The van der Waals surface area contributed by atoms with Gasteiger partial charge in [0.05, 0.1) is 13.0 Å². The third kappa shape index (κ3) is 5.21. The van der Waals surface area contributed by atoms with Crippen molar-refractivity contribution in [3.05, 3.63) is 30.3 Å². The van der Waals surface area contributed by atoms with Gasteiger partial charge in [0.25, 0.3) is 0 Å². The molecule has 1 aromatic carbocycles. The Kier molecular flexibility index (Phi) is 7.09. The molecule has 0 heterocycles. The van der Waals surface area contributed by atoms with Gasteiger partial charge in [0.1, 0.15) is 0 Å². The van der Waals surface area contributed by atoms with Crippen molar-refractivity contribution in [1.29, 1.82) is 0 Å². The van der Waals surface area contributed by atoms with Gasteiger partial charge in [-0.3, -0.25) is 4.79 Å². The molecule has 0 aliphatic rings. The molecule has 0 saturated heterocycles. The van der Waals surface area contributed by atoms with Crippen molar-refractivity contribution in [2.75, 3.05) is 32.1 Å². The summed E-state index contributed by atoms with van der Waals surface area (Å²) >= 11 is 0. The van der Waals surface area contributed by atoms with Crippen LogP contribution in [0.3, 0.4) is 0 Å². The van der Waals surface area contributed by atoms with Crippen LogP contribution in [0.25, 0.3) is 0 Å². The summed E-state index contributed by atoms with van der Waals surface area (Å²) in [5.41, 5.74) is 1.23. The number of rotatable bonds is 8. The maximum atomic E-state index is 11.4. The van der Waals surface area contributed by atoms with Gasteiger partial charge in [0, 0.05) is 25.3 Å². The Bertz CT molecular complexity index is 395. The molecular weight excluding hydrogens is 252 g/mol. The summed E-state index contributed by atoms with van der Waals surface area (Å²) in [5, 5.41) is 3.38. The molecule has 0 aliphatic heterocycles. The second-order valence-corrected chi connectivity index (χ2v) is 5.17. The average molecular weight is 278 g/mol. The Hall–Kier alpha value is -1.55. The van der Waals surface area contributed by atoms with E-state index in [4.69, 9.17) is 4.74 Å². The summed E-state index contributed by atoms with van der Waals surface area (Å²) in [4.78, 5) is 13.6. The van der Waals surface area contributed by atoms with Crippen LogP contribution in [0.4, 0.5) is 5.69 Å².